The number of hydrogen-bond acceptors (Lipinski definition) is 7. The Hall–Kier alpha value is -3.49. The highest BCUT2D eigenvalue weighted by atomic mass is 19.1. The van der Waals surface area contributed by atoms with Crippen LogP contribution in [0.5, 0.6) is 5.75 Å². The fourth-order valence-corrected chi connectivity index (χ4v) is 2.43. The van der Waals surface area contributed by atoms with E-state index in [4.69, 9.17) is 10.5 Å². The van der Waals surface area contributed by atoms with Crippen LogP contribution >= 0.6 is 0 Å². The normalized spacial score (nSPS) is 11.7. The quantitative estimate of drug-likeness (QED) is 0.511. The van der Waals surface area contributed by atoms with Crippen molar-refractivity contribution in [2.24, 2.45) is 0 Å². The third-order valence-corrected chi connectivity index (χ3v) is 3.84. The van der Waals surface area contributed by atoms with Crippen LogP contribution in [0.15, 0.2) is 48.5 Å². The number of halogens is 2. The van der Waals surface area contributed by atoms with Gasteiger partial charge >= 0.3 is 0 Å². The zero-order chi connectivity index (χ0) is 19.9. The standard InChI is InChI=1S/C19H20F2N6O/c1-12(13-2-4-14(20)5-3-13)24-19-26-17(22)25-18(27-19)23-10-11-28-16-8-6-15(21)7-9-16/h2-9,12H,10-11H2,1H3,(H4,22,23,24,25,26,27)/t12-/m1/s1. The second-order valence-corrected chi connectivity index (χ2v) is 5.99. The van der Waals surface area contributed by atoms with Gasteiger partial charge < -0.3 is 21.1 Å². The lowest BCUT2D eigenvalue weighted by atomic mass is 10.1. The molecule has 0 saturated carbocycles. The topological polar surface area (TPSA) is 98.0 Å². The van der Waals surface area contributed by atoms with Gasteiger partial charge in [0.25, 0.3) is 0 Å². The lowest BCUT2D eigenvalue weighted by Gasteiger charge is -2.15. The maximum absolute atomic E-state index is 13.1. The summed E-state index contributed by atoms with van der Waals surface area (Å²) >= 11 is 0. The van der Waals surface area contributed by atoms with Crippen molar-refractivity contribution in [3.05, 3.63) is 65.7 Å². The second-order valence-electron chi connectivity index (χ2n) is 5.99. The van der Waals surface area contributed by atoms with Crippen LogP contribution < -0.4 is 21.1 Å². The van der Waals surface area contributed by atoms with Gasteiger partial charge in [-0.25, -0.2) is 8.78 Å². The lowest BCUT2D eigenvalue weighted by Crippen LogP contribution is -2.16. The summed E-state index contributed by atoms with van der Waals surface area (Å²) < 4.78 is 31.4. The van der Waals surface area contributed by atoms with E-state index in [2.05, 4.69) is 25.6 Å². The van der Waals surface area contributed by atoms with Crippen LogP contribution in [0, 0.1) is 11.6 Å². The zero-order valence-corrected chi connectivity index (χ0v) is 15.2. The van der Waals surface area contributed by atoms with Crippen molar-refractivity contribution in [1.82, 2.24) is 15.0 Å². The summed E-state index contributed by atoms with van der Waals surface area (Å²) in [5, 5.41) is 6.11. The minimum absolute atomic E-state index is 0.0609. The third-order valence-electron chi connectivity index (χ3n) is 3.84. The zero-order valence-electron chi connectivity index (χ0n) is 15.2. The minimum Gasteiger partial charge on any atom is -0.492 e. The number of benzene rings is 2. The molecule has 4 N–H and O–H groups in total. The van der Waals surface area contributed by atoms with E-state index < -0.39 is 0 Å². The predicted octanol–water partition coefficient (Wildman–Crippen LogP) is 3.40. The molecule has 3 aromatic rings. The van der Waals surface area contributed by atoms with Gasteiger partial charge in [-0.15, -0.1) is 0 Å². The molecule has 0 aliphatic rings. The average Bonchev–Trinajstić information content (AvgIpc) is 2.67. The molecule has 0 bridgehead atoms. The number of hydrogen-bond donors (Lipinski definition) is 3. The molecule has 1 aromatic heterocycles. The Balaban J connectivity index is 1.55. The van der Waals surface area contributed by atoms with Gasteiger partial charge in [0.15, 0.2) is 0 Å². The Labute approximate surface area is 161 Å². The van der Waals surface area contributed by atoms with Crippen molar-refractivity contribution in [3.8, 4) is 5.75 Å². The first-order chi connectivity index (χ1) is 13.5. The molecule has 0 amide bonds. The Morgan fingerprint density at radius 2 is 1.54 bits per heavy atom. The predicted molar refractivity (Wildman–Crippen MR) is 103 cm³/mol. The highest BCUT2D eigenvalue weighted by Crippen LogP contribution is 2.18. The molecule has 0 spiro atoms. The molecule has 3 rings (SSSR count). The fraction of sp³-hybridized carbons (Fsp3) is 0.211. The monoisotopic (exact) mass is 386 g/mol. The molecule has 0 aliphatic carbocycles. The molecule has 2 aromatic carbocycles. The van der Waals surface area contributed by atoms with Gasteiger partial charge in [-0.2, -0.15) is 15.0 Å². The number of aromatic nitrogens is 3. The van der Waals surface area contributed by atoms with E-state index in [1.807, 2.05) is 6.92 Å². The molecule has 146 valence electrons. The molecular weight excluding hydrogens is 366 g/mol. The number of ether oxygens (including phenoxy) is 1. The number of nitrogen functional groups attached to an aromatic ring is 1. The summed E-state index contributed by atoms with van der Waals surface area (Å²) in [6, 6.07) is 11.8. The largest absolute Gasteiger partial charge is 0.492 e. The maximum Gasteiger partial charge on any atom is 0.229 e. The molecular formula is C19H20F2N6O. The van der Waals surface area contributed by atoms with E-state index in [1.165, 1.54) is 24.3 Å². The van der Waals surface area contributed by atoms with Gasteiger partial charge in [-0.1, -0.05) is 12.1 Å². The average molecular weight is 386 g/mol. The van der Waals surface area contributed by atoms with Gasteiger partial charge in [0.1, 0.15) is 24.0 Å². The third kappa shape index (κ3) is 5.50. The van der Waals surface area contributed by atoms with Crippen LogP contribution in [0.3, 0.4) is 0 Å². The SMILES string of the molecule is C[C@@H](Nc1nc(N)nc(NCCOc2ccc(F)cc2)n1)c1ccc(F)cc1. The van der Waals surface area contributed by atoms with Crippen LogP contribution in [0.4, 0.5) is 26.6 Å². The van der Waals surface area contributed by atoms with Gasteiger partial charge in [0, 0.05) is 0 Å². The first kappa shape index (κ1) is 19.3. The molecule has 0 radical (unpaired) electrons. The van der Waals surface area contributed by atoms with Crippen LogP contribution in [0.1, 0.15) is 18.5 Å². The molecule has 7 nitrogen and oxygen atoms in total. The summed E-state index contributed by atoms with van der Waals surface area (Å²) in [5.74, 6) is 0.602. The number of nitrogens with two attached hydrogens (primary N) is 1. The Morgan fingerprint density at radius 1 is 0.929 bits per heavy atom. The van der Waals surface area contributed by atoms with E-state index in [-0.39, 0.29) is 23.6 Å². The van der Waals surface area contributed by atoms with Crippen molar-refractivity contribution in [2.45, 2.75) is 13.0 Å². The molecule has 0 saturated heterocycles. The van der Waals surface area contributed by atoms with Gasteiger partial charge in [0.05, 0.1) is 12.6 Å². The lowest BCUT2D eigenvalue weighted by molar-refractivity contribution is 0.332. The molecule has 0 fully saturated rings. The van der Waals surface area contributed by atoms with E-state index in [0.717, 1.165) is 5.56 Å². The Morgan fingerprint density at radius 3 is 2.21 bits per heavy atom. The fourth-order valence-electron chi connectivity index (χ4n) is 2.43. The van der Waals surface area contributed by atoms with Crippen LogP contribution in [0.25, 0.3) is 0 Å². The van der Waals surface area contributed by atoms with Gasteiger partial charge in [-0.3, -0.25) is 0 Å². The Bertz CT molecular complexity index is 905. The molecule has 0 unspecified atom stereocenters. The first-order valence-corrected chi connectivity index (χ1v) is 8.65. The second kappa shape index (κ2) is 8.94. The van der Waals surface area contributed by atoms with Gasteiger partial charge in [0.2, 0.25) is 17.8 Å². The number of nitrogens with zero attached hydrogens (tertiary/aromatic N) is 3. The van der Waals surface area contributed by atoms with Crippen molar-refractivity contribution in [2.75, 3.05) is 29.5 Å². The van der Waals surface area contributed by atoms with Crippen molar-refractivity contribution in [3.63, 3.8) is 0 Å². The van der Waals surface area contributed by atoms with Crippen LogP contribution in [-0.2, 0) is 0 Å². The number of anilines is 3. The number of rotatable bonds is 8. The van der Waals surface area contributed by atoms with E-state index >= 15 is 0 Å². The van der Waals surface area contributed by atoms with E-state index in [1.54, 1.807) is 24.3 Å². The maximum atomic E-state index is 13.1. The molecule has 0 aliphatic heterocycles. The highest BCUT2D eigenvalue weighted by Gasteiger charge is 2.10. The summed E-state index contributed by atoms with van der Waals surface area (Å²) in [6.07, 6.45) is 0. The van der Waals surface area contributed by atoms with Crippen molar-refractivity contribution >= 4 is 17.8 Å². The summed E-state index contributed by atoms with van der Waals surface area (Å²) in [5.41, 5.74) is 6.62. The summed E-state index contributed by atoms with van der Waals surface area (Å²) in [7, 11) is 0. The van der Waals surface area contributed by atoms with Crippen molar-refractivity contribution in [1.29, 1.82) is 0 Å². The summed E-state index contributed by atoms with van der Waals surface area (Å²) in [4.78, 5) is 12.4. The first-order valence-electron chi connectivity index (χ1n) is 8.65. The van der Waals surface area contributed by atoms with E-state index in [9.17, 15) is 8.78 Å². The van der Waals surface area contributed by atoms with E-state index in [0.29, 0.717) is 30.8 Å². The summed E-state index contributed by atoms with van der Waals surface area (Å²) in [6.45, 7) is 2.64. The van der Waals surface area contributed by atoms with Crippen molar-refractivity contribution < 1.29 is 13.5 Å². The minimum atomic E-state index is -0.318. The molecule has 1 atom stereocenters. The highest BCUT2D eigenvalue weighted by molar-refractivity contribution is 5.41. The molecule has 1 heterocycles. The molecule has 9 heteroatoms. The number of nitrogens with one attached hydrogen (secondary N) is 2. The van der Waals surface area contributed by atoms with Gasteiger partial charge in [-0.05, 0) is 48.9 Å². The Kier molecular flexibility index (Phi) is 6.15. The molecule has 28 heavy (non-hydrogen) atoms. The van der Waals surface area contributed by atoms with Crippen LogP contribution in [0.2, 0.25) is 0 Å². The smallest absolute Gasteiger partial charge is 0.229 e. The van der Waals surface area contributed by atoms with Crippen LogP contribution in [-0.4, -0.2) is 28.1 Å².